The van der Waals surface area contributed by atoms with Crippen molar-refractivity contribution in [3.8, 4) is 5.75 Å². The maximum atomic E-state index is 13.3. The zero-order chi connectivity index (χ0) is 21.3. The summed E-state index contributed by atoms with van der Waals surface area (Å²) in [4.78, 5) is 12.2. The molecule has 0 aromatic heterocycles. The van der Waals surface area contributed by atoms with Crippen LogP contribution in [0.1, 0.15) is 58.0 Å². The molecule has 1 aromatic carbocycles. The van der Waals surface area contributed by atoms with Crippen molar-refractivity contribution < 1.29 is 36.7 Å². The third-order valence-electron chi connectivity index (χ3n) is 5.25. The van der Waals surface area contributed by atoms with Crippen LogP contribution in [0.4, 0.5) is 13.2 Å². The monoisotopic (exact) mass is 402 g/mol. The molecule has 0 radical (unpaired) electrons. The van der Waals surface area contributed by atoms with Crippen molar-refractivity contribution in [2.75, 3.05) is 13.7 Å². The van der Waals surface area contributed by atoms with E-state index in [1.165, 1.54) is 13.2 Å². The number of methoxy groups -OCH3 is 1. The second-order valence-corrected chi connectivity index (χ2v) is 7.69. The summed E-state index contributed by atoms with van der Waals surface area (Å²) in [7, 11) is 0.421. The van der Waals surface area contributed by atoms with Gasteiger partial charge in [0.1, 0.15) is 5.75 Å². The van der Waals surface area contributed by atoms with E-state index in [0.717, 1.165) is 12.1 Å². The number of benzene rings is 1. The van der Waals surface area contributed by atoms with Gasteiger partial charge in [-0.05, 0) is 58.4 Å². The normalized spacial score (nSPS) is 19.4. The summed E-state index contributed by atoms with van der Waals surface area (Å²) in [6, 6.07) is 3.16. The predicted octanol–water partition coefficient (Wildman–Crippen LogP) is 4.38. The molecule has 0 aliphatic carbocycles. The van der Waals surface area contributed by atoms with E-state index in [4.69, 9.17) is 18.8 Å². The fourth-order valence-corrected chi connectivity index (χ4v) is 3.01. The summed E-state index contributed by atoms with van der Waals surface area (Å²) in [5.41, 5.74) is -2.07. The molecule has 1 atom stereocenters. The van der Waals surface area contributed by atoms with Gasteiger partial charge in [-0.25, -0.2) is 0 Å². The molecule has 0 spiro atoms. The van der Waals surface area contributed by atoms with Crippen LogP contribution in [0.15, 0.2) is 18.2 Å². The number of hydrogen-bond donors (Lipinski definition) is 0. The number of rotatable bonds is 6. The van der Waals surface area contributed by atoms with E-state index < -0.39 is 41.8 Å². The summed E-state index contributed by atoms with van der Waals surface area (Å²) in [5, 5.41) is 0. The van der Waals surface area contributed by atoms with Crippen molar-refractivity contribution in [2.45, 2.75) is 64.2 Å². The number of esters is 1. The van der Waals surface area contributed by atoms with Gasteiger partial charge in [-0.1, -0.05) is 0 Å². The minimum Gasteiger partial charge on any atom is -0.496 e. The number of carbonyl (C=O) groups excluding carboxylic acids is 1. The molecule has 28 heavy (non-hydrogen) atoms. The van der Waals surface area contributed by atoms with E-state index in [1.807, 2.05) is 27.7 Å². The van der Waals surface area contributed by atoms with Crippen LogP contribution in [0, 0.1) is 0 Å². The van der Waals surface area contributed by atoms with Gasteiger partial charge in [0.25, 0.3) is 0 Å². The first-order chi connectivity index (χ1) is 12.8. The van der Waals surface area contributed by atoms with Crippen LogP contribution >= 0.6 is 0 Å². The van der Waals surface area contributed by atoms with Gasteiger partial charge < -0.3 is 18.8 Å². The van der Waals surface area contributed by atoms with E-state index in [0.29, 0.717) is 0 Å². The summed E-state index contributed by atoms with van der Waals surface area (Å²) < 4.78 is 62.2. The van der Waals surface area contributed by atoms with Crippen LogP contribution in [0.25, 0.3) is 0 Å². The summed E-state index contributed by atoms with van der Waals surface area (Å²) in [5.74, 6) is -1.17. The van der Waals surface area contributed by atoms with Gasteiger partial charge >= 0.3 is 19.3 Å². The first-order valence-electron chi connectivity index (χ1n) is 9.08. The third-order valence-corrected chi connectivity index (χ3v) is 5.25. The van der Waals surface area contributed by atoms with Crippen molar-refractivity contribution in [1.82, 2.24) is 0 Å². The Labute approximate surface area is 163 Å². The van der Waals surface area contributed by atoms with E-state index in [9.17, 15) is 18.0 Å². The predicted molar refractivity (Wildman–Crippen MR) is 98.1 cm³/mol. The van der Waals surface area contributed by atoms with Crippen LogP contribution in [0.3, 0.4) is 0 Å². The van der Waals surface area contributed by atoms with Gasteiger partial charge in [0.2, 0.25) is 0 Å². The molecule has 9 heteroatoms. The smallest absolute Gasteiger partial charge is 0.466 e. The molecule has 1 heterocycles. The molecule has 1 aliphatic rings. The Morgan fingerprint density at radius 3 is 2.21 bits per heavy atom. The van der Waals surface area contributed by atoms with Crippen LogP contribution < -0.4 is 4.74 Å². The highest BCUT2D eigenvalue weighted by Crippen LogP contribution is 2.44. The van der Waals surface area contributed by atoms with Crippen LogP contribution in [-0.4, -0.2) is 38.0 Å². The topological polar surface area (TPSA) is 54.0 Å². The Morgan fingerprint density at radius 2 is 1.75 bits per heavy atom. The highest BCUT2D eigenvalue weighted by molar-refractivity contribution is 6.48. The lowest BCUT2D eigenvalue weighted by molar-refractivity contribution is -0.143. The number of carbonyl (C=O) groups is 1. The van der Waals surface area contributed by atoms with E-state index in [-0.39, 0.29) is 24.3 Å². The second-order valence-electron chi connectivity index (χ2n) is 7.69. The molecule has 0 saturated carbocycles. The van der Waals surface area contributed by atoms with Crippen molar-refractivity contribution >= 4 is 13.1 Å². The van der Waals surface area contributed by atoms with Crippen LogP contribution in [-0.2, 0) is 25.0 Å². The largest absolute Gasteiger partial charge is 0.496 e. The lowest BCUT2D eigenvalue weighted by Crippen LogP contribution is -2.41. The van der Waals surface area contributed by atoms with E-state index >= 15 is 0 Å². The summed E-state index contributed by atoms with van der Waals surface area (Å²) >= 11 is 0. The lowest BCUT2D eigenvalue weighted by Gasteiger charge is -2.32. The first kappa shape index (κ1) is 22.6. The molecule has 0 N–H and O–H groups in total. The molecule has 1 saturated heterocycles. The highest BCUT2D eigenvalue weighted by atomic mass is 19.4. The molecule has 0 amide bonds. The Hall–Kier alpha value is -1.74. The zero-order valence-corrected chi connectivity index (χ0v) is 17.0. The minimum absolute atomic E-state index is 0.161. The fraction of sp³-hybridized carbons (Fsp3) is 0.632. The molecule has 1 unspecified atom stereocenters. The maximum absolute atomic E-state index is 13.3. The summed E-state index contributed by atoms with van der Waals surface area (Å²) in [6.45, 7) is 9.15. The molecular weight excluding hydrogens is 376 g/mol. The number of alkyl halides is 3. The number of ether oxygens (including phenoxy) is 2. The molecule has 0 bridgehead atoms. The summed E-state index contributed by atoms with van der Waals surface area (Å²) in [6.07, 6.45) is -4.74. The second kappa shape index (κ2) is 7.95. The van der Waals surface area contributed by atoms with Crippen molar-refractivity contribution in [2.24, 2.45) is 0 Å². The minimum atomic E-state index is -4.54. The molecular formula is C19H26BF3O5. The molecule has 5 nitrogen and oxygen atoms in total. The Balaban J connectivity index is 2.52. The van der Waals surface area contributed by atoms with Gasteiger partial charge in [0.05, 0.1) is 36.9 Å². The quantitative estimate of drug-likeness (QED) is 0.522. The highest BCUT2D eigenvalue weighted by Gasteiger charge is 2.55. The fourth-order valence-electron chi connectivity index (χ4n) is 3.01. The maximum Gasteiger partial charge on any atom is 0.466 e. The van der Waals surface area contributed by atoms with Gasteiger partial charge in [-0.3, -0.25) is 4.79 Å². The molecule has 1 aromatic rings. The molecule has 156 valence electrons. The molecule has 2 rings (SSSR count). The SMILES string of the molecule is CCOC(=O)CC(B1OC(C)(C)C(C)(C)O1)c1cc(C(F)(F)F)ccc1OC. The third kappa shape index (κ3) is 4.63. The van der Waals surface area contributed by atoms with E-state index in [2.05, 4.69) is 0 Å². The Kier molecular flexibility index (Phi) is 6.40. The number of hydrogen-bond acceptors (Lipinski definition) is 5. The Morgan fingerprint density at radius 1 is 1.18 bits per heavy atom. The van der Waals surface area contributed by atoms with Gasteiger partial charge in [-0.15, -0.1) is 0 Å². The average Bonchev–Trinajstić information content (AvgIpc) is 2.79. The Bertz CT molecular complexity index is 702. The van der Waals surface area contributed by atoms with Gasteiger partial charge in [-0.2, -0.15) is 13.2 Å². The number of halogens is 3. The van der Waals surface area contributed by atoms with Gasteiger partial charge in [0, 0.05) is 5.82 Å². The van der Waals surface area contributed by atoms with Crippen LogP contribution in [0.2, 0.25) is 0 Å². The van der Waals surface area contributed by atoms with Crippen LogP contribution in [0.5, 0.6) is 5.75 Å². The average molecular weight is 402 g/mol. The van der Waals surface area contributed by atoms with Gasteiger partial charge in [0.15, 0.2) is 0 Å². The first-order valence-corrected chi connectivity index (χ1v) is 9.08. The zero-order valence-electron chi connectivity index (χ0n) is 17.0. The molecule has 1 fully saturated rings. The van der Waals surface area contributed by atoms with Crippen molar-refractivity contribution in [3.05, 3.63) is 29.3 Å². The molecule has 1 aliphatic heterocycles. The lowest BCUT2D eigenvalue weighted by atomic mass is 9.65. The van der Waals surface area contributed by atoms with E-state index in [1.54, 1.807) is 6.92 Å². The van der Waals surface area contributed by atoms with Crippen molar-refractivity contribution in [1.29, 1.82) is 0 Å². The van der Waals surface area contributed by atoms with Crippen molar-refractivity contribution in [3.63, 3.8) is 0 Å². The standard InChI is InChI=1S/C19H26BF3O5/c1-7-26-16(24)11-14(20-27-17(2,3)18(4,5)28-20)13-10-12(19(21,22)23)8-9-15(13)25-6/h8-10,14H,7,11H2,1-6H3.